The minimum Gasteiger partial charge on any atom is -0.361 e. The molecule has 0 aromatic rings. The molecule has 1 heterocycles. The van der Waals surface area contributed by atoms with Gasteiger partial charge in [-0.3, -0.25) is 5.32 Å². The van der Waals surface area contributed by atoms with Crippen LogP contribution in [0.25, 0.3) is 0 Å². The smallest absolute Gasteiger partial charge is 0.184 e. The lowest BCUT2D eigenvalue weighted by atomic mass is 9.91. The van der Waals surface area contributed by atoms with Crippen molar-refractivity contribution in [3.63, 3.8) is 0 Å². The second-order valence-corrected chi connectivity index (χ2v) is 3.65. The van der Waals surface area contributed by atoms with Crippen molar-refractivity contribution in [2.24, 2.45) is 0 Å². The highest BCUT2D eigenvalue weighted by Crippen LogP contribution is 2.33. The Kier molecular flexibility index (Phi) is 1.53. The Labute approximate surface area is 72.4 Å². The van der Waals surface area contributed by atoms with Gasteiger partial charge in [-0.2, -0.15) is 0 Å². The summed E-state index contributed by atoms with van der Waals surface area (Å²) in [6.45, 7) is 2.11. The van der Waals surface area contributed by atoms with Gasteiger partial charge in [0.1, 0.15) is 0 Å². The predicted molar refractivity (Wildman–Crippen MR) is 47.2 cm³/mol. The Morgan fingerprint density at radius 2 is 2.50 bits per heavy atom. The van der Waals surface area contributed by atoms with E-state index >= 15 is 0 Å². The third-order valence-electron chi connectivity index (χ3n) is 2.68. The molecule has 1 fully saturated rings. The Morgan fingerprint density at radius 1 is 1.75 bits per heavy atom. The van der Waals surface area contributed by atoms with Crippen LogP contribution in [0.1, 0.15) is 13.3 Å². The molecule has 2 atom stereocenters. The van der Waals surface area contributed by atoms with E-state index in [1.54, 1.807) is 0 Å². The summed E-state index contributed by atoms with van der Waals surface area (Å²) in [5, 5.41) is 12.7. The van der Waals surface area contributed by atoms with Gasteiger partial charge in [0.2, 0.25) is 0 Å². The highest BCUT2D eigenvalue weighted by Gasteiger charge is 2.41. The van der Waals surface area contributed by atoms with Crippen molar-refractivity contribution in [1.82, 2.24) is 10.2 Å². The molecular formula is C9H14N2O. The van der Waals surface area contributed by atoms with Crippen LogP contribution in [0.15, 0.2) is 23.9 Å². The topological polar surface area (TPSA) is 35.5 Å². The van der Waals surface area contributed by atoms with Crippen LogP contribution in [0.5, 0.6) is 0 Å². The molecule has 0 spiro atoms. The molecule has 2 unspecified atom stereocenters. The summed E-state index contributed by atoms with van der Waals surface area (Å²) >= 11 is 0. The molecule has 12 heavy (non-hydrogen) atoms. The lowest BCUT2D eigenvalue weighted by Gasteiger charge is -2.27. The number of hydrogen-bond donors (Lipinski definition) is 2. The highest BCUT2D eigenvalue weighted by atomic mass is 16.3. The normalized spacial score (nSPS) is 39.8. The van der Waals surface area contributed by atoms with Crippen molar-refractivity contribution in [3.05, 3.63) is 23.9 Å². The van der Waals surface area contributed by atoms with Crippen molar-refractivity contribution in [1.29, 1.82) is 0 Å². The third kappa shape index (κ3) is 0.901. The molecule has 3 heteroatoms. The molecule has 1 saturated heterocycles. The molecule has 2 rings (SSSR count). The van der Waals surface area contributed by atoms with Crippen LogP contribution in [0, 0.1) is 0 Å². The van der Waals surface area contributed by atoms with Gasteiger partial charge >= 0.3 is 0 Å². The molecule has 0 aromatic heterocycles. The second-order valence-electron chi connectivity index (χ2n) is 3.65. The fourth-order valence-corrected chi connectivity index (χ4v) is 1.90. The molecule has 1 aliphatic carbocycles. The van der Waals surface area contributed by atoms with E-state index in [1.807, 2.05) is 24.1 Å². The standard InChI is InChI=1S/C9H14N2O/c1-9-6-4-3-5-7(9)11(2)8(12)10-9/h3-5,8,10,12H,6H2,1-2H3. The summed E-state index contributed by atoms with van der Waals surface area (Å²) in [7, 11) is 1.90. The molecule has 0 amide bonds. The van der Waals surface area contributed by atoms with Gasteiger partial charge in [0, 0.05) is 12.7 Å². The number of aliphatic hydroxyl groups is 1. The van der Waals surface area contributed by atoms with E-state index in [2.05, 4.69) is 18.3 Å². The maximum atomic E-state index is 9.54. The van der Waals surface area contributed by atoms with Crippen LogP contribution in [0.3, 0.4) is 0 Å². The van der Waals surface area contributed by atoms with E-state index in [4.69, 9.17) is 0 Å². The number of fused-ring (bicyclic) bond motifs is 1. The largest absolute Gasteiger partial charge is 0.361 e. The SMILES string of the molecule is CN1C2=CC=CCC2(C)NC1O. The van der Waals surface area contributed by atoms with Crippen molar-refractivity contribution >= 4 is 0 Å². The first-order valence-corrected chi connectivity index (χ1v) is 4.19. The molecule has 0 radical (unpaired) electrons. The Hall–Kier alpha value is -0.800. The van der Waals surface area contributed by atoms with Gasteiger partial charge < -0.3 is 10.0 Å². The Balaban J connectivity index is 2.37. The quantitative estimate of drug-likeness (QED) is 0.547. The van der Waals surface area contributed by atoms with Crippen LogP contribution < -0.4 is 5.32 Å². The van der Waals surface area contributed by atoms with Crippen LogP contribution in [0.4, 0.5) is 0 Å². The van der Waals surface area contributed by atoms with E-state index in [9.17, 15) is 5.11 Å². The zero-order chi connectivity index (χ0) is 8.77. The summed E-state index contributed by atoms with van der Waals surface area (Å²) in [5.41, 5.74) is 1.10. The van der Waals surface area contributed by atoms with Gasteiger partial charge in [0.15, 0.2) is 6.35 Å². The van der Waals surface area contributed by atoms with Crippen LogP contribution in [0.2, 0.25) is 0 Å². The zero-order valence-corrected chi connectivity index (χ0v) is 7.41. The highest BCUT2D eigenvalue weighted by molar-refractivity contribution is 5.31. The van der Waals surface area contributed by atoms with Crippen molar-refractivity contribution in [3.8, 4) is 0 Å². The third-order valence-corrected chi connectivity index (χ3v) is 2.68. The lowest BCUT2D eigenvalue weighted by Crippen LogP contribution is -2.41. The van der Waals surface area contributed by atoms with Crippen LogP contribution >= 0.6 is 0 Å². The molecule has 0 aromatic carbocycles. The molecule has 1 aliphatic heterocycles. The number of aliphatic hydroxyl groups excluding tert-OH is 1. The first kappa shape index (κ1) is 7.83. The van der Waals surface area contributed by atoms with Crippen molar-refractivity contribution in [2.75, 3.05) is 7.05 Å². The van der Waals surface area contributed by atoms with E-state index < -0.39 is 6.35 Å². The first-order chi connectivity index (χ1) is 5.63. The number of nitrogens with zero attached hydrogens (tertiary/aromatic N) is 1. The van der Waals surface area contributed by atoms with Gasteiger partial charge in [0.05, 0.1) is 5.54 Å². The number of nitrogens with one attached hydrogen (secondary N) is 1. The Bertz CT molecular complexity index is 259. The van der Waals surface area contributed by atoms with Gasteiger partial charge in [-0.05, 0) is 19.4 Å². The number of rotatable bonds is 0. The molecule has 0 saturated carbocycles. The number of likely N-dealkylation sites (N-methyl/N-ethyl adjacent to an activating group) is 1. The summed E-state index contributed by atoms with van der Waals surface area (Å²) < 4.78 is 0. The summed E-state index contributed by atoms with van der Waals surface area (Å²) in [5.74, 6) is 0. The first-order valence-electron chi connectivity index (χ1n) is 4.19. The maximum absolute atomic E-state index is 9.54. The number of allylic oxidation sites excluding steroid dienone is 2. The second kappa shape index (κ2) is 2.34. The molecule has 3 nitrogen and oxygen atoms in total. The summed E-state index contributed by atoms with van der Waals surface area (Å²) in [6.07, 6.45) is 6.60. The lowest BCUT2D eigenvalue weighted by molar-refractivity contribution is 0.0460. The van der Waals surface area contributed by atoms with E-state index in [1.165, 1.54) is 0 Å². The van der Waals surface area contributed by atoms with Crippen LogP contribution in [-0.4, -0.2) is 28.9 Å². The molecule has 66 valence electrons. The zero-order valence-electron chi connectivity index (χ0n) is 7.41. The maximum Gasteiger partial charge on any atom is 0.184 e. The molecular weight excluding hydrogens is 152 g/mol. The minimum atomic E-state index is -0.541. The van der Waals surface area contributed by atoms with E-state index in [0.29, 0.717) is 0 Å². The fraction of sp³-hybridized carbons (Fsp3) is 0.556. The van der Waals surface area contributed by atoms with Gasteiger partial charge in [0.25, 0.3) is 0 Å². The van der Waals surface area contributed by atoms with Gasteiger partial charge in [-0.15, -0.1) is 0 Å². The van der Waals surface area contributed by atoms with E-state index in [0.717, 1.165) is 12.1 Å². The monoisotopic (exact) mass is 166 g/mol. The minimum absolute atomic E-state index is 0.0666. The summed E-state index contributed by atoms with van der Waals surface area (Å²) in [4.78, 5) is 1.86. The average molecular weight is 166 g/mol. The van der Waals surface area contributed by atoms with Crippen molar-refractivity contribution < 1.29 is 5.11 Å². The molecule has 0 bridgehead atoms. The Morgan fingerprint density at radius 3 is 3.17 bits per heavy atom. The van der Waals surface area contributed by atoms with Gasteiger partial charge in [-0.25, -0.2) is 0 Å². The average Bonchev–Trinajstić information content (AvgIpc) is 2.24. The number of hydrogen-bond acceptors (Lipinski definition) is 3. The predicted octanol–water partition coefficient (Wildman–Crippen LogP) is 0.400. The van der Waals surface area contributed by atoms with Crippen molar-refractivity contribution in [2.45, 2.75) is 25.2 Å². The van der Waals surface area contributed by atoms with Crippen LogP contribution in [-0.2, 0) is 0 Å². The molecule has 2 N–H and O–H groups in total. The van der Waals surface area contributed by atoms with Gasteiger partial charge in [-0.1, -0.05) is 12.2 Å². The van der Waals surface area contributed by atoms with E-state index in [-0.39, 0.29) is 5.54 Å². The summed E-state index contributed by atoms with van der Waals surface area (Å²) in [6, 6.07) is 0. The fourth-order valence-electron chi connectivity index (χ4n) is 1.90. The molecule has 2 aliphatic rings.